The molecule has 1 heterocycles. The average Bonchev–Trinajstić information content (AvgIpc) is 2.53. The average molecular weight is 183 g/mol. The number of hydrogen-bond donors (Lipinski definition) is 1. The highest BCUT2D eigenvalue weighted by atomic mass is 16.5. The zero-order valence-electron chi connectivity index (χ0n) is 8.86. The van der Waals surface area contributed by atoms with Gasteiger partial charge in [-0.2, -0.15) is 0 Å². The first-order chi connectivity index (χ1) is 6.18. The molecule has 1 saturated carbocycles. The molecule has 2 heteroatoms. The molecule has 2 fully saturated rings. The minimum atomic E-state index is 0.0585. The predicted molar refractivity (Wildman–Crippen MR) is 53.6 cm³/mol. The van der Waals surface area contributed by atoms with Crippen LogP contribution < -0.4 is 5.32 Å². The number of nitrogens with one attached hydrogen (secondary N) is 1. The van der Waals surface area contributed by atoms with E-state index in [2.05, 4.69) is 19.2 Å². The Labute approximate surface area is 81.0 Å². The van der Waals surface area contributed by atoms with Gasteiger partial charge in [0.1, 0.15) is 5.72 Å². The molecule has 2 rings (SSSR count). The van der Waals surface area contributed by atoms with Gasteiger partial charge in [-0.15, -0.1) is 0 Å². The Morgan fingerprint density at radius 1 is 1.23 bits per heavy atom. The van der Waals surface area contributed by atoms with E-state index in [9.17, 15) is 0 Å². The van der Waals surface area contributed by atoms with Gasteiger partial charge in [0.2, 0.25) is 0 Å². The van der Waals surface area contributed by atoms with Crippen molar-refractivity contribution in [3.05, 3.63) is 0 Å². The van der Waals surface area contributed by atoms with E-state index in [1.54, 1.807) is 0 Å². The molecule has 2 aliphatic rings. The first-order valence-electron chi connectivity index (χ1n) is 5.61. The normalized spacial score (nSPS) is 38.3. The molecule has 1 aliphatic carbocycles. The van der Waals surface area contributed by atoms with Gasteiger partial charge in [-0.25, -0.2) is 0 Å². The number of ether oxygens (including phenoxy) is 1. The molecule has 1 spiro atoms. The maximum atomic E-state index is 5.91. The van der Waals surface area contributed by atoms with Crippen molar-refractivity contribution < 1.29 is 4.74 Å². The lowest BCUT2D eigenvalue weighted by Gasteiger charge is -2.46. The Morgan fingerprint density at radius 2 is 1.92 bits per heavy atom. The quantitative estimate of drug-likeness (QED) is 0.674. The fourth-order valence-electron chi connectivity index (χ4n) is 2.60. The van der Waals surface area contributed by atoms with E-state index >= 15 is 0 Å². The van der Waals surface area contributed by atoms with Gasteiger partial charge in [-0.05, 0) is 45.4 Å². The zero-order chi connectivity index (χ0) is 9.36. The summed E-state index contributed by atoms with van der Waals surface area (Å²) in [6.45, 7) is 5.54. The summed E-state index contributed by atoms with van der Waals surface area (Å²) >= 11 is 0. The highest BCUT2D eigenvalue weighted by molar-refractivity contribution is 4.96. The van der Waals surface area contributed by atoms with Gasteiger partial charge in [0.05, 0.1) is 6.61 Å². The van der Waals surface area contributed by atoms with Gasteiger partial charge in [0.15, 0.2) is 0 Å². The van der Waals surface area contributed by atoms with Crippen LogP contribution in [0.2, 0.25) is 0 Å². The van der Waals surface area contributed by atoms with Gasteiger partial charge < -0.3 is 4.74 Å². The van der Waals surface area contributed by atoms with Crippen molar-refractivity contribution in [1.29, 1.82) is 0 Å². The van der Waals surface area contributed by atoms with Gasteiger partial charge >= 0.3 is 0 Å². The monoisotopic (exact) mass is 183 g/mol. The Morgan fingerprint density at radius 3 is 2.54 bits per heavy atom. The Balaban J connectivity index is 2.06. The number of rotatable bonds is 1. The summed E-state index contributed by atoms with van der Waals surface area (Å²) in [6, 6.07) is 0. The maximum absolute atomic E-state index is 5.91. The van der Waals surface area contributed by atoms with Crippen LogP contribution in [0.1, 0.15) is 52.4 Å². The summed E-state index contributed by atoms with van der Waals surface area (Å²) in [5.74, 6) is 0. The van der Waals surface area contributed by atoms with E-state index in [0.29, 0.717) is 5.54 Å². The first-order valence-corrected chi connectivity index (χ1v) is 5.61. The molecule has 0 bridgehead atoms. The lowest BCUT2D eigenvalue weighted by Crippen LogP contribution is -2.61. The molecule has 2 nitrogen and oxygen atoms in total. The predicted octanol–water partition coefficient (Wildman–Crippen LogP) is 2.44. The second kappa shape index (κ2) is 3.25. The second-order valence-electron chi connectivity index (χ2n) is 4.84. The lowest BCUT2D eigenvalue weighted by molar-refractivity contribution is -0.125. The third-order valence-electron chi connectivity index (χ3n) is 3.75. The van der Waals surface area contributed by atoms with Crippen molar-refractivity contribution in [3.8, 4) is 0 Å². The maximum Gasteiger partial charge on any atom is 0.119 e. The van der Waals surface area contributed by atoms with Gasteiger partial charge in [-0.3, -0.25) is 5.32 Å². The third-order valence-corrected chi connectivity index (χ3v) is 3.75. The Bertz CT molecular complexity index is 187. The molecule has 76 valence electrons. The molecule has 13 heavy (non-hydrogen) atoms. The van der Waals surface area contributed by atoms with Crippen molar-refractivity contribution in [2.75, 3.05) is 6.61 Å². The molecule has 1 aliphatic heterocycles. The minimum Gasteiger partial charge on any atom is -0.361 e. The summed E-state index contributed by atoms with van der Waals surface area (Å²) < 4.78 is 5.91. The molecule has 0 aromatic carbocycles. The van der Waals surface area contributed by atoms with Crippen LogP contribution in [-0.4, -0.2) is 17.9 Å². The highest BCUT2D eigenvalue weighted by Crippen LogP contribution is 2.37. The largest absolute Gasteiger partial charge is 0.361 e. The van der Waals surface area contributed by atoms with E-state index in [1.165, 1.54) is 32.1 Å². The second-order valence-corrected chi connectivity index (χ2v) is 4.84. The van der Waals surface area contributed by atoms with Crippen molar-refractivity contribution >= 4 is 0 Å². The van der Waals surface area contributed by atoms with Crippen molar-refractivity contribution in [2.45, 2.75) is 63.6 Å². The van der Waals surface area contributed by atoms with Crippen LogP contribution >= 0.6 is 0 Å². The molecular formula is C11H21NO. The topological polar surface area (TPSA) is 21.3 Å². The molecule has 1 N–H and O–H groups in total. The van der Waals surface area contributed by atoms with Crippen molar-refractivity contribution in [1.82, 2.24) is 5.32 Å². The SMILES string of the molecule is CCC1(C)CCOC2(CCCC2)N1. The smallest absolute Gasteiger partial charge is 0.119 e. The molecule has 0 amide bonds. The van der Waals surface area contributed by atoms with Crippen molar-refractivity contribution in [2.24, 2.45) is 0 Å². The Kier molecular flexibility index (Phi) is 2.37. The molecule has 1 atom stereocenters. The van der Waals surface area contributed by atoms with Crippen LogP contribution in [0.15, 0.2) is 0 Å². The van der Waals surface area contributed by atoms with Crippen LogP contribution in [-0.2, 0) is 4.74 Å². The van der Waals surface area contributed by atoms with Gasteiger partial charge in [0, 0.05) is 5.54 Å². The van der Waals surface area contributed by atoms with Crippen LogP contribution in [0.5, 0.6) is 0 Å². The van der Waals surface area contributed by atoms with Gasteiger partial charge in [-0.1, -0.05) is 6.92 Å². The van der Waals surface area contributed by atoms with E-state index in [-0.39, 0.29) is 5.72 Å². The van der Waals surface area contributed by atoms with Crippen LogP contribution in [0.3, 0.4) is 0 Å². The summed E-state index contributed by atoms with van der Waals surface area (Å²) in [5, 5.41) is 3.73. The van der Waals surface area contributed by atoms with Crippen LogP contribution in [0.25, 0.3) is 0 Å². The van der Waals surface area contributed by atoms with Crippen molar-refractivity contribution in [3.63, 3.8) is 0 Å². The Hall–Kier alpha value is -0.0800. The zero-order valence-corrected chi connectivity index (χ0v) is 8.86. The standard InChI is InChI=1S/C11H21NO/c1-3-10(2)8-9-13-11(12-10)6-4-5-7-11/h12H,3-9H2,1-2H3. The third kappa shape index (κ3) is 1.75. The van der Waals surface area contributed by atoms with Gasteiger partial charge in [0.25, 0.3) is 0 Å². The summed E-state index contributed by atoms with van der Waals surface area (Å²) in [5.41, 5.74) is 0.381. The molecule has 1 saturated heterocycles. The van der Waals surface area contributed by atoms with Crippen LogP contribution in [0.4, 0.5) is 0 Å². The summed E-state index contributed by atoms with van der Waals surface area (Å²) in [7, 11) is 0. The minimum absolute atomic E-state index is 0.0585. The molecular weight excluding hydrogens is 162 g/mol. The fraction of sp³-hybridized carbons (Fsp3) is 1.00. The van der Waals surface area contributed by atoms with Crippen LogP contribution in [0, 0.1) is 0 Å². The van der Waals surface area contributed by atoms with E-state index in [4.69, 9.17) is 4.74 Å². The molecule has 1 unspecified atom stereocenters. The number of hydrogen-bond acceptors (Lipinski definition) is 2. The van der Waals surface area contributed by atoms with E-state index in [1.807, 2.05) is 0 Å². The molecule has 0 aromatic rings. The fourth-order valence-corrected chi connectivity index (χ4v) is 2.60. The highest BCUT2D eigenvalue weighted by Gasteiger charge is 2.43. The summed E-state index contributed by atoms with van der Waals surface area (Å²) in [6.07, 6.45) is 7.44. The van der Waals surface area contributed by atoms with E-state index < -0.39 is 0 Å². The lowest BCUT2D eigenvalue weighted by atomic mass is 9.90. The molecule has 0 aromatic heterocycles. The van der Waals surface area contributed by atoms with E-state index in [0.717, 1.165) is 13.0 Å². The summed E-state index contributed by atoms with van der Waals surface area (Å²) in [4.78, 5) is 0. The first kappa shape index (κ1) is 9.47. The molecule has 0 radical (unpaired) electrons.